The summed E-state index contributed by atoms with van der Waals surface area (Å²) in [5.41, 5.74) is 1.68. The number of alkyl halides is 3. The Kier molecular flexibility index (Phi) is 12.4. The molecular weight excluding hydrogens is 734 g/mol. The van der Waals surface area contributed by atoms with Gasteiger partial charge in [0.15, 0.2) is 17.5 Å². The van der Waals surface area contributed by atoms with Crippen LogP contribution in [0.1, 0.15) is 29.2 Å². The molecule has 2 aromatic heterocycles. The van der Waals surface area contributed by atoms with Crippen LogP contribution in [0.5, 0.6) is 5.75 Å². The number of halogens is 6. The zero-order chi connectivity index (χ0) is 39.3. The SMILES string of the molecule is O=C(NC1c2ccccc2OC[C@H]1O)[C@H](Cc1cccnc1)C[C@H](O)CN1CCN(Cc2ccn(-c3ccc(F)c(F)c3F)c2)C[C@H]1C(=O)NCC(F)(F)F. The van der Waals surface area contributed by atoms with Crippen LogP contribution in [0.3, 0.4) is 0 Å². The molecule has 55 heavy (non-hydrogen) atoms. The molecule has 4 heterocycles. The van der Waals surface area contributed by atoms with Gasteiger partial charge in [-0.2, -0.15) is 13.2 Å². The van der Waals surface area contributed by atoms with Crippen molar-refractivity contribution < 1.29 is 50.9 Å². The van der Waals surface area contributed by atoms with Crippen molar-refractivity contribution in [3.05, 3.63) is 114 Å². The van der Waals surface area contributed by atoms with Crippen molar-refractivity contribution in [1.82, 2.24) is 30.0 Å². The van der Waals surface area contributed by atoms with Crippen LogP contribution in [-0.2, 0) is 22.6 Å². The fourth-order valence-corrected chi connectivity index (χ4v) is 7.00. The third-order valence-corrected chi connectivity index (χ3v) is 9.72. The Morgan fingerprint density at radius 2 is 1.80 bits per heavy atom. The van der Waals surface area contributed by atoms with Gasteiger partial charge < -0.3 is 30.2 Å². The molecule has 11 nitrogen and oxygen atoms in total. The number of β-amino-alcohol motifs (C(OH)–C–C–N with tert-alkyl or cyclic N) is 1. The first-order chi connectivity index (χ1) is 26.3. The maximum atomic E-state index is 14.4. The minimum atomic E-state index is -4.67. The van der Waals surface area contributed by atoms with E-state index in [1.54, 1.807) is 64.7 Å². The lowest BCUT2D eigenvalue weighted by Crippen LogP contribution is -2.60. The molecule has 1 fully saturated rings. The van der Waals surface area contributed by atoms with E-state index in [-0.39, 0.29) is 51.3 Å². The molecule has 0 saturated carbocycles. The van der Waals surface area contributed by atoms with Gasteiger partial charge in [-0.3, -0.25) is 24.4 Å². The Balaban J connectivity index is 1.15. The molecule has 0 spiro atoms. The summed E-state index contributed by atoms with van der Waals surface area (Å²) in [6.07, 6.45) is -0.715. The van der Waals surface area contributed by atoms with Crippen molar-refractivity contribution in [2.45, 2.75) is 49.9 Å². The average molecular weight is 775 g/mol. The first kappa shape index (κ1) is 39.7. The van der Waals surface area contributed by atoms with E-state index in [2.05, 4.69) is 10.3 Å². The highest BCUT2D eigenvalue weighted by Gasteiger charge is 2.38. The number of rotatable bonds is 13. The van der Waals surface area contributed by atoms with E-state index in [0.717, 1.165) is 12.1 Å². The fraction of sp³-hybridized carbons (Fsp3) is 0.395. The number of piperazine rings is 1. The number of fused-ring (bicyclic) bond motifs is 1. The van der Waals surface area contributed by atoms with E-state index in [0.29, 0.717) is 29.0 Å². The number of nitrogens with one attached hydrogen (secondary N) is 2. The zero-order valence-corrected chi connectivity index (χ0v) is 29.4. The Morgan fingerprint density at radius 3 is 2.56 bits per heavy atom. The van der Waals surface area contributed by atoms with Crippen LogP contribution in [0.4, 0.5) is 26.3 Å². The van der Waals surface area contributed by atoms with Gasteiger partial charge in [0.2, 0.25) is 11.8 Å². The first-order valence-corrected chi connectivity index (χ1v) is 17.6. The molecule has 1 saturated heterocycles. The highest BCUT2D eigenvalue weighted by atomic mass is 19.4. The summed E-state index contributed by atoms with van der Waals surface area (Å²) < 4.78 is 88.0. The maximum Gasteiger partial charge on any atom is 0.405 e. The molecule has 5 atom stereocenters. The number of nitrogens with zero attached hydrogens (tertiary/aromatic N) is 4. The van der Waals surface area contributed by atoms with E-state index in [1.807, 2.05) is 5.32 Å². The molecule has 0 aliphatic carbocycles. The summed E-state index contributed by atoms with van der Waals surface area (Å²) >= 11 is 0. The number of ether oxygens (including phenoxy) is 1. The molecule has 4 aromatic rings. The Labute approximate surface area is 312 Å². The van der Waals surface area contributed by atoms with Gasteiger partial charge in [-0.1, -0.05) is 24.3 Å². The van der Waals surface area contributed by atoms with E-state index in [4.69, 9.17) is 4.74 Å². The Hall–Kier alpha value is -4.97. The second-order valence-corrected chi connectivity index (χ2v) is 13.8. The quantitative estimate of drug-likeness (QED) is 0.120. The molecule has 6 rings (SSSR count). The molecule has 1 unspecified atom stereocenters. The number of carbonyl (C=O) groups is 2. The highest BCUT2D eigenvalue weighted by Crippen LogP contribution is 2.32. The Morgan fingerprint density at radius 1 is 1.00 bits per heavy atom. The molecule has 4 N–H and O–H groups in total. The molecule has 2 aromatic carbocycles. The summed E-state index contributed by atoms with van der Waals surface area (Å²) in [6.45, 7) is -1.13. The van der Waals surface area contributed by atoms with Crippen molar-refractivity contribution in [2.24, 2.45) is 5.92 Å². The third kappa shape index (κ3) is 10.0. The monoisotopic (exact) mass is 774 g/mol. The molecular formula is C38H40F6N6O5. The minimum Gasteiger partial charge on any atom is -0.490 e. The molecule has 0 radical (unpaired) electrons. The number of hydrogen-bond acceptors (Lipinski definition) is 8. The number of aliphatic hydroxyl groups excluding tert-OH is 2. The summed E-state index contributed by atoms with van der Waals surface area (Å²) in [5, 5.41) is 27.0. The van der Waals surface area contributed by atoms with Crippen LogP contribution in [0, 0.1) is 23.4 Å². The van der Waals surface area contributed by atoms with Crippen LogP contribution >= 0.6 is 0 Å². The summed E-state index contributed by atoms with van der Waals surface area (Å²) in [7, 11) is 0. The van der Waals surface area contributed by atoms with Gasteiger partial charge in [-0.25, -0.2) is 13.2 Å². The third-order valence-electron chi connectivity index (χ3n) is 9.72. The molecule has 2 aliphatic rings. The highest BCUT2D eigenvalue weighted by molar-refractivity contribution is 5.82. The average Bonchev–Trinajstić information content (AvgIpc) is 3.62. The smallest absolute Gasteiger partial charge is 0.405 e. The van der Waals surface area contributed by atoms with E-state index in [1.165, 1.54) is 17.0 Å². The van der Waals surface area contributed by atoms with Crippen LogP contribution in [0.15, 0.2) is 79.4 Å². The van der Waals surface area contributed by atoms with Crippen molar-refractivity contribution in [3.8, 4) is 11.4 Å². The zero-order valence-electron chi connectivity index (χ0n) is 29.4. The molecule has 294 valence electrons. The van der Waals surface area contributed by atoms with Gasteiger partial charge in [-0.05, 0) is 54.3 Å². The lowest BCUT2D eigenvalue weighted by atomic mass is 9.91. The van der Waals surface area contributed by atoms with Gasteiger partial charge in [-0.15, -0.1) is 0 Å². The molecule has 0 bridgehead atoms. The van der Waals surface area contributed by atoms with Crippen LogP contribution in [0.25, 0.3) is 5.69 Å². The van der Waals surface area contributed by atoms with Crippen LogP contribution in [-0.4, -0.2) is 105 Å². The van der Waals surface area contributed by atoms with Crippen LogP contribution in [0.2, 0.25) is 0 Å². The van der Waals surface area contributed by atoms with Crippen molar-refractivity contribution in [3.63, 3.8) is 0 Å². The fourth-order valence-electron chi connectivity index (χ4n) is 7.00. The van der Waals surface area contributed by atoms with Gasteiger partial charge in [0.1, 0.15) is 31.0 Å². The van der Waals surface area contributed by atoms with Gasteiger partial charge in [0.25, 0.3) is 0 Å². The topological polar surface area (TPSA) is 132 Å². The largest absolute Gasteiger partial charge is 0.490 e. The van der Waals surface area contributed by atoms with E-state index >= 15 is 0 Å². The second kappa shape index (κ2) is 17.2. The summed E-state index contributed by atoms with van der Waals surface area (Å²) in [4.78, 5) is 34.6. The Bertz CT molecular complexity index is 1950. The maximum absolute atomic E-state index is 14.4. The van der Waals surface area contributed by atoms with Crippen molar-refractivity contribution in [1.29, 1.82) is 0 Å². The van der Waals surface area contributed by atoms with Gasteiger partial charge >= 0.3 is 6.18 Å². The van der Waals surface area contributed by atoms with Crippen molar-refractivity contribution in [2.75, 3.05) is 39.3 Å². The predicted octanol–water partition coefficient (Wildman–Crippen LogP) is 3.68. The van der Waals surface area contributed by atoms with E-state index < -0.39 is 72.2 Å². The summed E-state index contributed by atoms with van der Waals surface area (Å²) in [5.74, 6) is -6.00. The van der Waals surface area contributed by atoms with E-state index in [9.17, 15) is 46.1 Å². The van der Waals surface area contributed by atoms with Gasteiger partial charge in [0.05, 0.1) is 17.8 Å². The first-order valence-electron chi connectivity index (χ1n) is 17.6. The number of aromatic nitrogens is 2. The molecule has 2 aliphatic heterocycles. The van der Waals surface area contributed by atoms with Crippen molar-refractivity contribution >= 4 is 11.8 Å². The standard InChI is InChI=1S/C38H40F6N6O5/c39-28-7-8-29(34(41)33(28)40)49-11-9-24(18-49)17-48-12-13-50(30(20-48)37(54)46-22-38(42,43)44)19-26(51)15-25(14-23-4-3-10-45-16-23)36(53)47-35-27-5-1-2-6-32(27)55-21-31(35)52/h1-11,16,18,25-26,30-31,35,51-52H,12-15,17,19-22H2,(H,46,54)(H,47,53)/t25-,26+,30+,31-,35?/m1/s1. The summed E-state index contributed by atoms with van der Waals surface area (Å²) in [6, 6.07) is 12.1. The van der Waals surface area contributed by atoms with Gasteiger partial charge in [0, 0.05) is 69.0 Å². The number of benzene rings is 2. The number of carbonyl (C=O) groups excluding carboxylic acids is 2. The molecule has 2 amide bonds. The molecule has 17 heteroatoms. The normalized spacial score (nSPS) is 20.3. The number of amides is 2. The lowest BCUT2D eigenvalue weighted by Gasteiger charge is -2.41. The minimum absolute atomic E-state index is 0.0399. The second-order valence-electron chi connectivity index (χ2n) is 13.8. The van der Waals surface area contributed by atoms with Crippen LogP contribution < -0.4 is 15.4 Å². The number of pyridine rings is 1. The number of aliphatic hydroxyl groups is 2. The number of hydrogen-bond donors (Lipinski definition) is 4. The lowest BCUT2D eigenvalue weighted by molar-refractivity contribution is -0.143. The predicted molar refractivity (Wildman–Crippen MR) is 186 cm³/mol. The number of para-hydroxylation sites is 1.